The first-order valence-electron chi connectivity index (χ1n) is 6.40. The van der Waals surface area contributed by atoms with Gasteiger partial charge in [0.15, 0.2) is 0 Å². The summed E-state index contributed by atoms with van der Waals surface area (Å²) < 4.78 is 1.83. The minimum Gasteiger partial charge on any atom is -0.353 e. The summed E-state index contributed by atoms with van der Waals surface area (Å²) >= 11 is 1.41. The number of aromatic nitrogens is 4. The van der Waals surface area contributed by atoms with E-state index in [0.717, 1.165) is 30.8 Å². The van der Waals surface area contributed by atoms with Crippen molar-refractivity contribution in [1.29, 1.82) is 0 Å². The van der Waals surface area contributed by atoms with Crippen LogP contribution in [0.1, 0.15) is 45.6 Å². The van der Waals surface area contributed by atoms with Crippen LogP contribution in [0.2, 0.25) is 0 Å². The first kappa shape index (κ1) is 13.3. The maximum atomic E-state index is 11.7. The average Bonchev–Trinajstić information content (AvgIpc) is 3.06. The van der Waals surface area contributed by atoms with E-state index in [1.165, 1.54) is 11.8 Å². The zero-order valence-corrected chi connectivity index (χ0v) is 11.6. The van der Waals surface area contributed by atoms with Crippen LogP contribution in [0.5, 0.6) is 0 Å². The summed E-state index contributed by atoms with van der Waals surface area (Å²) in [4.78, 5) is 11.7. The quantitative estimate of drug-likeness (QED) is 0.758. The minimum atomic E-state index is 0.0475. The molecule has 0 radical (unpaired) electrons. The number of rotatable bonds is 7. The van der Waals surface area contributed by atoms with Gasteiger partial charge in [0, 0.05) is 6.04 Å². The summed E-state index contributed by atoms with van der Waals surface area (Å²) in [6.07, 6.45) is 4.36. The van der Waals surface area contributed by atoms with E-state index in [4.69, 9.17) is 0 Å². The van der Waals surface area contributed by atoms with Gasteiger partial charge in [0.1, 0.15) is 0 Å². The van der Waals surface area contributed by atoms with Gasteiger partial charge in [-0.25, -0.2) is 4.68 Å². The maximum Gasteiger partial charge on any atom is 0.230 e. The molecule has 0 aliphatic heterocycles. The van der Waals surface area contributed by atoms with Crippen LogP contribution in [0.25, 0.3) is 0 Å². The Balaban J connectivity index is 1.76. The molecule has 0 saturated heterocycles. The molecule has 2 rings (SSSR count). The Morgan fingerprint density at radius 1 is 1.61 bits per heavy atom. The normalized spacial score (nSPS) is 16.6. The molecule has 1 N–H and O–H groups in total. The van der Waals surface area contributed by atoms with Crippen LogP contribution in [-0.2, 0) is 4.79 Å². The zero-order chi connectivity index (χ0) is 13.0. The summed E-state index contributed by atoms with van der Waals surface area (Å²) in [5.74, 6) is 0.424. The van der Waals surface area contributed by atoms with E-state index in [2.05, 4.69) is 27.8 Å². The summed E-state index contributed by atoms with van der Waals surface area (Å²) in [7, 11) is 0. The zero-order valence-electron chi connectivity index (χ0n) is 10.8. The van der Waals surface area contributed by atoms with Gasteiger partial charge in [-0.15, -0.1) is 5.10 Å². The highest BCUT2D eigenvalue weighted by Gasteiger charge is 2.28. The molecule has 1 aromatic heterocycles. The second-order valence-electron chi connectivity index (χ2n) is 4.68. The number of carbonyl (C=O) groups excluding carboxylic acids is 1. The number of hydrogen-bond donors (Lipinski definition) is 1. The summed E-state index contributed by atoms with van der Waals surface area (Å²) in [5, 5.41) is 15.3. The third-order valence-electron chi connectivity index (χ3n) is 2.82. The Bertz CT molecular complexity index is 404. The third kappa shape index (κ3) is 3.69. The molecule has 0 spiro atoms. The molecular formula is C11H19N5OS. The van der Waals surface area contributed by atoms with E-state index >= 15 is 0 Å². The fraction of sp³-hybridized carbons (Fsp3) is 0.818. The maximum absolute atomic E-state index is 11.7. The molecule has 1 fully saturated rings. The van der Waals surface area contributed by atoms with E-state index in [0.29, 0.717) is 11.8 Å². The Hall–Kier alpha value is -1.11. The highest BCUT2D eigenvalue weighted by atomic mass is 32.2. The van der Waals surface area contributed by atoms with Crippen LogP contribution in [0.4, 0.5) is 0 Å². The van der Waals surface area contributed by atoms with Crippen LogP contribution in [0, 0.1) is 0 Å². The van der Waals surface area contributed by atoms with Crippen LogP contribution >= 0.6 is 11.8 Å². The highest BCUT2D eigenvalue weighted by molar-refractivity contribution is 7.99. The van der Waals surface area contributed by atoms with Crippen molar-refractivity contribution in [3.63, 3.8) is 0 Å². The van der Waals surface area contributed by atoms with Crippen molar-refractivity contribution < 1.29 is 4.79 Å². The lowest BCUT2D eigenvalue weighted by molar-refractivity contribution is -0.119. The van der Waals surface area contributed by atoms with Crippen molar-refractivity contribution in [2.24, 2.45) is 0 Å². The van der Waals surface area contributed by atoms with E-state index in [1.54, 1.807) is 0 Å². The molecule has 0 bridgehead atoms. The molecule has 1 atom stereocenters. The molecule has 1 aliphatic carbocycles. The fourth-order valence-corrected chi connectivity index (χ4v) is 2.54. The van der Waals surface area contributed by atoms with Gasteiger partial charge in [-0.1, -0.05) is 25.1 Å². The predicted octanol–water partition coefficient (Wildman–Crippen LogP) is 1.40. The Kier molecular flexibility index (Phi) is 4.57. The molecule has 0 aromatic carbocycles. The van der Waals surface area contributed by atoms with Gasteiger partial charge in [0.05, 0.1) is 11.8 Å². The van der Waals surface area contributed by atoms with Crippen molar-refractivity contribution in [2.75, 3.05) is 5.75 Å². The Morgan fingerprint density at radius 3 is 3.06 bits per heavy atom. The van der Waals surface area contributed by atoms with Crippen LogP contribution in [0.15, 0.2) is 5.16 Å². The molecule has 100 valence electrons. The van der Waals surface area contributed by atoms with E-state index < -0.39 is 0 Å². The SMILES string of the molecule is CCC[C@@H](C)NC(=O)CSc1nnnn1C1CC1. The topological polar surface area (TPSA) is 72.7 Å². The highest BCUT2D eigenvalue weighted by Crippen LogP contribution is 2.36. The molecule has 1 saturated carbocycles. The molecular weight excluding hydrogens is 250 g/mol. The Morgan fingerprint density at radius 2 is 2.39 bits per heavy atom. The fourth-order valence-electron chi connectivity index (χ4n) is 1.78. The van der Waals surface area contributed by atoms with Crippen molar-refractivity contribution in [1.82, 2.24) is 25.5 Å². The molecule has 7 heteroatoms. The third-order valence-corrected chi connectivity index (χ3v) is 3.75. The second-order valence-corrected chi connectivity index (χ2v) is 5.63. The van der Waals surface area contributed by atoms with E-state index in [9.17, 15) is 4.79 Å². The van der Waals surface area contributed by atoms with Crippen molar-refractivity contribution in [3.8, 4) is 0 Å². The van der Waals surface area contributed by atoms with Gasteiger partial charge in [0.25, 0.3) is 0 Å². The van der Waals surface area contributed by atoms with Gasteiger partial charge in [0.2, 0.25) is 11.1 Å². The minimum absolute atomic E-state index is 0.0475. The summed E-state index contributed by atoms with van der Waals surface area (Å²) in [6, 6.07) is 0.687. The van der Waals surface area contributed by atoms with Crippen LogP contribution < -0.4 is 5.32 Å². The molecule has 1 amide bonds. The van der Waals surface area contributed by atoms with Gasteiger partial charge in [-0.05, 0) is 36.6 Å². The first-order valence-corrected chi connectivity index (χ1v) is 7.39. The second kappa shape index (κ2) is 6.17. The Labute approximate surface area is 111 Å². The monoisotopic (exact) mass is 269 g/mol. The predicted molar refractivity (Wildman–Crippen MR) is 69.3 cm³/mol. The smallest absolute Gasteiger partial charge is 0.230 e. The van der Waals surface area contributed by atoms with Crippen molar-refractivity contribution >= 4 is 17.7 Å². The summed E-state index contributed by atoms with van der Waals surface area (Å²) in [5.41, 5.74) is 0. The molecule has 6 nitrogen and oxygen atoms in total. The number of hydrogen-bond acceptors (Lipinski definition) is 5. The van der Waals surface area contributed by atoms with Gasteiger partial charge >= 0.3 is 0 Å². The van der Waals surface area contributed by atoms with E-state index in [1.807, 2.05) is 11.6 Å². The molecule has 1 aromatic rings. The van der Waals surface area contributed by atoms with Gasteiger partial charge in [-0.2, -0.15) is 0 Å². The van der Waals surface area contributed by atoms with Crippen molar-refractivity contribution in [3.05, 3.63) is 0 Å². The lowest BCUT2D eigenvalue weighted by Gasteiger charge is -2.12. The van der Waals surface area contributed by atoms with Crippen molar-refractivity contribution in [2.45, 2.75) is 56.8 Å². The van der Waals surface area contributed by atoms with Crippen LogP contribution in [-0.4, -0.2) is 37.9 Å². The van der Waals surface area contributed by atoms with Gasteiger partial charge < -0.3 is 5.32 Å². The number of carbonyl (C=O) groups is 1. The number of nitrogens with zero attached hydrogens (tertiary/aromatic N) is 4. The first-order chi connectivity index (χ1) is 8.70. The summed E-state index contributed by atoms with van der Waals surface area (Å²) in [6.45, 7) is 4.14. The molecule has 1 aliphatic rings. The number of nitrogens with one attached hydrogen (secondary N) is 1. The number of thioether (sulfide) groups is 1. The molecule has 0 unspecified atom stereocenters. The average molecular weight is 269 g/mol. The lowest BCUT2D eigenvalue weighted by Crippen LogP contribution is -2.33. The number of amides is 1. The lowest BCUT2D eigenvalue weighted by atomic mass is 10.2. The number of tetrazole rings is 1. The van der Waals surface area contributed by atoms with Crippen LogP contribution in [0.3, 0.4) is 0 Å². The van der Waals surface area contributed by atoms with Gasteiger partial charge in [-0.3, -0.25) is 4.79 Å². The standard InChI is InChI=1S/C11H19N5OS/c1-3-4-8(2)12-10(17)7-18-11-13-14-15-16(11)9-5-6-9/h8-9H,3-7H2,1-2H3,(H,12,17)/t8-/m1/s1. The molecule has 1 heterocycles. The van der Waals surface area contributed by atoms with E-state index in [-0.39, 0.29) is 11.9 Å². The molecule has 18 heavy (non-hydrogen) atoms. The largest absolute Gasteiger partial charge is 0.353 e.